The van der Waals surface area contributed by atoms with E-state index in [-0.39, 0.29) is 5.78 Å². The van der Waals surface area contributed by atoms with Gasteiger partial charge in [-0.05, 0) is 61.4 Å². The number of carbonyl (C=O) groups is 1. The number of allylic oxidation sites excluding steroid dienone is 2. The summed E-state index contributed by atoms with van der Waals surface area (Å²) in [6.45, 7) is 1.61. The minimum atomic E-state index is 0.115. The van der Waals surface area contributed by atoms with E-state index in [4.69, 9.17) is 0 Å². The highest BCUT2D eigenvalue weighted by Crippen LogP contribution is 2.37. The molecule has 0 unspecified atom stereocenters. The van der Waals surface area contributed by atoms with E-state index in [9.17, 15) is 4.79 Å². The molecular weight excluding hydrogens is 258 g/mol. The highest BCUT2D eigenvalue weighted by molar-refractivity contribution is 5.95. The Morgan fingerprint density at radius 2 is 1.67 bits per heavy atom. The molecular formula is C19H19NO. The molecule has 1 aromatic carbocycles. The van der Waals surface area contributed by atoms with Crippen LogP contribution < -0.4 is 0 Å². The summed E-state index contributed by atoms with van der Waals surface area (Å²) in [4.78, 5) is 15.9. The molecule has 0 N–H and O–H groups in total. The van der Waals surface area contributed by atoms with Gasteiger partial charge in [0.2, 0.25) is 0 Å². The van der Waals surface area contributed by atoms with Crippen molar-refractivity contribution in [2.75, 3.05) is 0 Å². The molecule has 3 rings (SSSR count). The normalized spacial score (nSPS) is 15.1. The summed E-state index contributed by atoms with van der Waals surface area (Å²) < 4.78 is 0. The van der Waals surface area contributed by atoms with Crippen molar-refractivity contribution in [3.05, 3.63) is 65.5 Å². The summed E-state index contributed by atoms with van der Waals surface area (Å²) in [6.07, 6.45) is 6.47. The molecule has 1 heterocycles. The summed E-state index contributed by atoms with van der Waals surface area (Å²) in [5.41, 5.74) is 5.82. The fourth-order valence-corrected chi connectivity index (χ4v) is 2.95. The Labute approximate surface area is 125 Å². The molecule has 0 amide bonds. The van der Waals surface area contributed by atoms with Crippen LogP contribution in [0.3, 0.4) is 0 Å². The van der Waals surface area contributed by atoms with Crippen molar-refractivity contribution in [2.24, 2.45) is 0 Å². The highest BCUT2D eigenvalue weighted by Gasteiger charge is 2.16. The molecule has 106 valence electrons. The van der Waals surface area contributed by atoms with Gasteiger partial charge in [-0.15, -0.1) is 0 Å². The maximum absolute atomic E-state index is 11.4. The average molecular weight is 277 g/mol. The molecule has 1 aliphatic carbocycles. The van der Waals surface area contributed by atoms with Gasteiger partial charge >= 0.3 is 0 Å². The number of nitrogens with zero attached hydrogens (tertiary/aromatic N) is 1. The van der Waals surface area contributed by atoms with Gasteiger partial charge in [0.1, 0.15) is 0 Å². The molecule has 0 fully saturated rings. The van der Waals surface area contributed by atoms with Crippen LogP contribution in [0, 0.1) is 0 Å². The SMILES string of the molecule is CC(=O)c1ccc(C2=C(c3ccccn3)CCCC2)cc1. The standard InChI is InChI=1S/C19H19NO/c1-14(21)15-9-11-16(12-10-15)17-6-2-3-7-18(17)19-8-4-5-13-20-19/h4-5,8-13H,2-3,6-7H2,1H3. The monoisotopic (exact) mass is 277 g/mol. The molecule has 21 heavy (non-hydrogen) atoms. The summed E-state index contributed by atoms with van der Waals surface area (Å²) in [6, 6.07) is 14.1. The van der Waals surface area contributed by atoms with Gasteiger partial charge < -0.3 is 0 Å². The third-order valence-electron chi connectivity index (χ3n) is 4.08. The number of carbonyl (C=O) groups excluding carboxylic acids is 1. The van der Waals surface area contributed by atoms with Gasteiger partial charge in [0, 0.05) is 11.8 Å². The molecule has 1 aromatic heterocycles. The number of Topliss-reactive ketones (excluding diaryl/α,β-unsaturated/α-hetero) is 1. The number of pyridine rings is 1. The van der Waals surface area contributed by atoms with E-state index in [0.717, 1.165) is 24.1 Å². The van der Waals surface area contributed by atoms with E-state index in [1.807, 2.05) is 30.5 Å². The Balaban J connectivity index is 2.04. The van der Waals surface area contributed by atoms with Crippen LogP contribution in [0.1, 0.15) is 54.2 Å². The molecule has 0 radical (unpaired) electrons. The fraction of sp³-hybridized carbons (Fsp3) is 0.263. The van der Waals surface area contributed by atoms with Crippen molar-refractivity contribution in [2.45, 2.75) is 32.6 Å². The van der Waals surface area contributed by atoms with Gasteiger partial charge in [-0.1, -0.05) is 30.3 Å². The second-order valence-corrected chi connectivity index (χ2v) is 5.51. The number of benzene rings is 1. The Morgan fingerprint density at radius 1 is 0.952 bits per heavy atom. The number of ketones is 1. The predicted molar refractivity (Wildman–Crippen MR) is 86.0 cm³/mol. The zero-order valence-electron chi connectivity index (χ0n) is 12.3. The van der Waals surface area contributed by atoms with E-state index >= 15 is 0 Å². The smallest absolute Gasteiger partial charge is 0.159 e. The molecule has 0 saturated heterocycles. The van der Waals surface area contributed by atoms with Gasteiger partial charge in [-0.25, -0.2) is 0 Å². The van der Waals surface area contributed by atoms with E-state index in [2.05, 4.69) is 23.2 Å². The van der Waals surface area contributed by atoms with Crippen LogP contribution in [0.25, 0.3) is 11.1 Å². The molecule has 0 aliphatic heterocycles. The second-order valence-electron chi connectivity index (χ2n) is 5.51. The second kappa shape index (κ2) is 6.04. The van der Waals surface area contributed by atoms with Crippen molar-refractivity contribution in [3.63, 3.8) is 0 Å². The Morgan fingerprint density at radius 3 is 2.29 bits per heavy atom. The Hall–Kier alpha value is -2.22. The van der Waals surface area contributed by atoms with Gasteiger partial charge in [0.05, 0.1) is 5.69 Å². The van der Waals surface area contributed by atoms with Crippen LogP contribution >= 0.6 is 0 Å². The van der Waals surface area contributed by atoms with Gasteiger partial charge in [0.15, 0.2) is 5.78 Å². The molecule has 0 bridgehead atoms. The van der Waals surface area contributed by atoms with E-state index in [1.165, 1.54) is 29.6 Å². The van der Waals surface area contributed by atoms with Crippen molar-refractivity contribution in [3.8, 4) is 0 Å². The molecule has 2 nitrogen and oxygen atoms in total. The van der Waals surface area contributed by atoms with Gasteiger partial charge in [-0.2, -0.15) is 0 Å². The van der Waals surface area contributed by atoms with Crippen LogP contribution in [-0.2, 0) is 0 Å². The first-order chi connectivity index (χ1) is 10.3. The first-order valence-corrected chi connectivity index (χ1v) is 7.50. The van der Waals surface area contributed by atoms with Crippen LogP contribution in [-0.4, -0.2) is 10.8 Å². The highest BCUT2D eigenvalue weighted by atomic mass is 16.1. The predicted octanol–water partition coefficient (Wildman–Crippen LogP) is 4.77. The third kappa shape index (κ3) is 2.94. The molecule has 0 atom stereocenters. The maximum Gasteiger partial charge on any atom is 0.159 e. The van der Waals surface area contributed by atoms with Gasteiger partial charge in [0.25, 0.3) is 0 Å². The van der Waals surface area contributed by atoms with E-state index < -0.39 is 0 Å². The van der Waals surface area contributed by atoms with E-state index in [0.29, 0.717) is 0 Å². The van der Waals surface area contributed by atoms with E-state index in [1.54, 1.807) is 6.92 Å². The summed E-state index contributed by atoms with van der Waals surface area (Å²) in [7, 11) is 0. The lowest BCUT2D eigenvalue weighted by Gasteiger charge is -2.20. The van der Waals surface area contributed by atoms with Crippen molar-refractivity contribution >= 4 is 16.9 Å². The zero-order valence-corrected chi connectivity index (χ0v) is 12.3. The number of hydrogen-bond acceptors (Lipinski definition) is 2. The average Bonchev–Trinajstić information content (AvgIpc) is 2.56. The maximum atomic E-state index is 11.4. The first kappa shape index (κ1) is 13.7. The lowest BCUT2D eigenvalue weighted by Crippen LogP contribution is -2.01. The van der Waals surface area contributed by atoms with Crippen LogP contribution in [0.2, 0.25) is 0 Å². The minimum Gasteiger partial charge on any atom is -0.295 e. The minimum absolute atomic E-state index is 0.115. The van der Waals surface area contributed by atoms with Crippen molar-refractivity contribution < 1.29 is 4.79 Å². The molecule has 2 heteroatoms. The summed E-state index contributed by atoms with van der Waals surface area (Å²) >= 11 is 0. The largest absolute Gasteiger partial charge is 0.295 e. The number of hydrogen-bond donors (Lipinski definition) is 0. The summed E-state index contributed by atoms with van der Waals surface area (Å²) in [5, 5.41) is 0. The first-order valence-electron chi connectivity index (χ1n) is 7.50. The number of rotatable bonds is 3. The van der Waals surface area contributed by atoms with Crippen LogP contribution in [0.15, 0.2) is 48.7 Å². The van der Waals surface area contributed by atoms with Crippen molar-refractivity contribution in [1.82, 2.24) is 4.98 Å². The lowest BCUT2D eigenvalue weighted by molar-refractivity contribution is 0.101. The molecule has 0 spiro atoms. The third-order valence-corrected chi connectivity index (χ3v) is 4.08. The number of aromatic nitrogens is 1. The molecule has 1 aliphatic rings. The van der Waals surface area contributed by atoms with Crippen molar-refractivity contribution in [1.29, 1.82) is 0 Å². The topological polar surface area (TPSA) is 30.0 Å². The molecule has 0 saturated carbocycles. The van der Waals surface area contributed by atoms with Crippen LogP contribution in [0.5, 0.6) is 0 Å². The quantitative estimate of drug-likeness (QED) is 0.756. The van der Waals surface area contributed by atoms with Gasteiger partial charge in [-0.3, -0.25) is 9.78 Å². The fourth-order valence-electron chi connectivity index (χ4n) is 2.95. The zero-order chi connectivity index (χ0) is 14.7. The summed E-state index contributed by atoms with van der Waals surface area (Å²) in [5.74, 6) is 0.115. The lowest BCUT2D eigenvalue weighted by atomic mass is 9.85. The Bertz CT molecular complexity index is 668. The van der Waals surface area contributed by atoms with Crippen LogP contribution in [0.4, 0.5) is 0 Å². The molecule has 2 aromatic rings. The Kier molecular flexibility index (Phi) is 3.96.